The van der Waals surface area contributed by atoms with E-state index in [0.29, 0.717) is 12.6 Å². The summed E-state index contributed by atoms with van der Waals surface area (Å²) in [5, 5.41) is 7.57. The predicted octanol–water partition coefficient (Wildman–Crippen LogP) is 2.56. The standard InChI is InChI=1S/C16H21N3O/c1-17-16-5-2-4-13-6-7-14(12-15(13)16)20-11-10-19-9-3-8-18-19/h3,6-9,12,16-17H,2,4-5,10-11H2,1H3. The zero-order chi connectivity index (χ0) is 13.8. The molecule has 0 spiro atoms. The Morgan fingerprint density at radius 3 is 3.20 bits per heavy atom. The van der Waals surface area contributed by atoms with Crippen molar-refractivity contribution in [3.05, 3.63) is 47.8 Å². The second-order valence-electron chi connectivity index (χ2n) is 5.21. The first-order valence-corrected chi connectivity index (χ1v) is 7.27. The molecule has 1 aromatic heterocycles. The molecule has 3 rings (SSSR count). The van der Waals surface area contributed by atoms with Gasteiger partial charge in [0.15, 0.2) is 0 Å². The molecule has 0 fully saturated rings. The van der Waals surface area contributed by atoms with Gasteiger partial charge in [-0.15, -0.1) is 0 Å². The fourth-order valence-corrected chi connectivity index (χ4v) is 2.86. The van der Waals surface area contributed by atoms with Crippen LogP contribution in [0.15, 0.2) is 36.7 Å². The minimum absolute atomic E-state index is 0.466. The summed E-state index contributed by atoms with van der Waals surface area (Å²) in [7, 11) is 2.03. The number of ether oxygens (including phenoxy) is 1. The lowest BCUT2D eigenvalue weighted by Crippen LogP contribution is -2.21. The van der Waals surface area contributed by atoms with Crippen LogP contribution in [0.2, 0.25) is 0 Å². The lowest BCUT2D eigenvalue weighted by atomic mass is 9.87. The smallest absolute Gasteiger partial charge is 0.119 e. The van der Waals surface area contributed by atoms with Crippen molar-refractivity contribution in [1.29, 1.82) is 0 Å². The third kappa shape index (κ3) is 2.85. The van der Waals surface area contributed by atoms with E-state index >= 15 is 0 Å². The number of nitrogens with zero attached hydrogens (tertiary/aromatic N) is 2. The Kier molecular flexibility index (Phi) is 4.02. The van der Waals surface area contributed by atoms with Crippen molar-refractivity contribution in [1.82, 2.24) is 15.1 Å². The van der Waals surface area contributed by atoms with Crippen molar-refractivity contribution in [2.45, 2.75) is 31.8 Å². The van der Waals surface area contributed by atoms with Gasteiger partial charge in [0.05, 0.1) is 6.54 Å². The molecular formula is C16H21N3O. The van der Waals surface area contributed by atoms with Gasteiger partial charge in [-0.25, -0.2) is 0 Å². The highest BCUT2D eigenvalue weighted by Crippen LogP contribution is 2.32. The number of aromatic nitrogens is 2. The van der Waals surface area contributed by atoms with Gasteiger partial charge < -0.3 is 10.1 Å². The highest BCUT2D eigenvalue weighted by atomic mass is 16.5. The first-order valence-electron chi connectivity index (χ1n) is 7.27. The minimum Gasteiger partial charge on any atom is -0.492 e. The second-order valence-corrected chi connectivity index (χ2v) is 5.21. The molecule has 106 valence electrons. The monoisotopic (exact) mass is 271 g/mol. The fourth-order valence-electron chi connectivity index (χ4n) is 2.86. The molecule has 0 saturated heterocycles. The van der Waals surface area contributed by atoms with Gasteiger partial charge in [0.25, 0.3) is 0 Å². The highest BCUT2D eigenvalue weighted by molar-refractivity contribution is 5.39. The van der Waals surface area contributed by atoms with Crippen LogP contribution in [-0.4, -0.2) is 23.4 Å². The molecule has 20 heavy (non-hydrogen) atoms. The van der Waals surface area contributed by atoms with Gasteiger partial charge in [-0.3, -0.25) is 4.68 Å². The maximum atomic E-state index is 5.85. The van der Waals surface area contributed by atoms with E-state index in [0.717, 1.165) is 12.3 Å². The summed E-state index contributed by atoms with van der Waals surface area (Å²) < 4.78 is 7.73. The molecule has 1 aliphatic rings. The third-order valence-corrected chi connectivity index (χ3v) is 3.93. The van der Waals surface area contributed by atoms with Crippen LogP contribution >= 0.6 is 0 Å². The number of nitrogens with one attached hydrogen (secondary N) is 1. The molecule has 0 bridgehead atoms. The van der Waals surface area contributed by atoms with Gasteiger partial charge >= 0.3 is 0 Å². The van der Waals surface area contributed by atoms with Crippen LogP contribution in [0.4, 0.5) is 0 Å². The number of rotatable bonds is 5. The third-order valence-electron chi connectivity index (χ3n) is 3.93. The topological polar surface area (TPSA) is 39.1 Å². The summed E-state index contributed by atoms with van der Waals surface area (Å²) >= 11 is 0. The molecule has 1 atom stereocenters. The average Bonchev–Trinajstić information content (AvgIpc) is 3.00. The van der Waals surface area contributed by atoms with Crippen molar-refractivity contribution in [2.75, 3.05) is 13.7 Å². The molecular weight excluding hydrogens is 250 g/mol. The zero-order valence-corrected chi connectivity index (χ0v) is 11.9. The van der Waals surface area contributed by atoms with Crippen LogP contribution in [0.3, 0.4) is 0 Å². The van der Waals surface area contributed by atoms with E-state index in [1.807, 2.05) is 24.0 Å². The molecule has 1 aliphatic carbocycles. The van der Waals surface area contributed by atoms with Crippen LogP contribution in [0.25, 0.3) is 0 Å². The predicted molar refractivity (Wildman–Crippen MR) is 78.9 cm³/mol. The molecule has 1 aromatic carbocycles. The highest BCUT2D eigenvalue weighted by Gasteiger charge is 2.19. The van der Waals surface area contributed by atoms with Gasteiger partial charge in [0.2, 0.25) is 0 Å². The van der Waals surface area contributed by atoms with E-state index in [9.17, 15) is 0 Å². The van der Waals surface area contributed by atoms with E-state index in [1.165, 1.54) is 30.4 Å². The van der Waals surface area contributed by atoms with Crippen molar-refractivity contribution in [2.24, 2.45) is 0 Å². The van der Waals surface area contributed by atoms with Crippen molar-refractivity contribution in [3.8, 4) is 5.75 Å². The SMILES string of the molecule is CNC1CCCc2ccc(OCCn3cccn3)cc21. The van der Waals surface area contributed by atoms with Gasteiger partial charge in [0.1, 0.15) is 12.4 Å². The molecule has 2 aromatic rings. The fraction of sp³-hybridized carbons (Fsp3) is 0.438. The zero-order valence-electron chi connectivity index (χ0n) is 11.9. The summed E-state index contributed by atoms with van der Waals surface area (Å²) in [5.41, 5.74) is 2.85. The van der Waals surface area contributed by atoms with Crippen LogP contribution in [0, 0.1) is 0 Å². The number of hydrogen-bond acceptors (Lipinski definition) is 3. The molecule has 4 nitrogen and oxygen atoms in total. The first-order chi connectivity index (χ1) is 9.86. The Balaban J connectivity index is 1.65. The first kappa shape index (κ1) is 13.2. The summed E-state index contributed by atoms with van der Waals surface area (Å²) in [6.07, 6.45) is 7.39. The summed E-state index contributed by atoms with van der Waals surface area (Å²) in [4.78, 5) is 0. The van der Waals surface area contributed by atoms with Crippen LogP contribution in [0.1, 0.15) is 30.0 Å². The molecule has 0 radical (unpaired) electrons. The number of fused-ring (bicyclic) bond motifs is 1. The largest absolute Gasteiger partial charge is 0.492 e. The molecule has 0 saturated carbocycles. The Morgan fingerprint density at radius 1 is 1.45 bits per heavy atom. The maximum absolute atomic E-state index is 5.85. The van der Waals surface area contributed by atoms with Gasteiger partial charge in [-0.1, -0.05) is 6.07 Å². The molecule has 1 unspecified atom stereocenters. The normalized spacial score (nSPS) is 17.8. The van der Waals surface area contributed by atoms with Crippen LogP contribution in [0.5, 0.6) is 5.75 Å². The number of aryl methyl sites for hydroxylation is 1. The Morgan fingerprint density at radius 2 is 2.40 bits per heavy atom. The molecule has 0 amide bonds. The Labute approximate surface area is 119 Å². The van der Waals surface area contributed by atoms with Crippen molar-refractivity contribution in [3.63, 3.8) is 0 Å². The van der Waals surface area contributed by atoms with Crippen molar-refractivity contribution >= 4 is 0 Å². The minimum atomic E-state index is 0.466. The van der Waals surface area contributed by atoms with Crippen LogP contribution < -0.4 is 10.1 Å². The average molecular weight is 271 g/mol. The van der Waals surface area contributed by atoms with Gasteiger partial charge in [0, 0.05) is 18.4 Å². The van der Waals surface area contributed by atoms with Crippen molar-refractivity contribution < 1.29 is 4.74 Å². The van der Waals surface area contributed by atoms with Gasteiger partial charge in [-0.05, 0) is 55.6 Å². The van der Waals surface area contributed by atoms with E-state index in [2.05, 4.69) is 28.6 Å². The molecule has 1 N–H and O–H groups in total. The van der Waals surface area contributed by atoms with E-state index in [-0.39, 0.29) is 0 Å². The number of hydrogen-bond donors (Lipinski definition) is 1. The second kappa shape index (κ2) is 6.09. The molecule has 1 heterocycles. The molecule has 0 aliphatic heterocycles. The lowest BCUT2D eigenvalue weighted by molar-refractivity contribution is 0.290. The summed E-state index contributed by atoms with van der Waals surface area (Å²) in [5.74, 6) is 0.957. The van der Waals surface area contributed by atoms with E-state index in [1.54, 1.807) is 6.20 Å². The Hall–Kier alpha value is -1.81. The maximum Gasteiger partial charge on any atom is 0.119 e. The number of benzene rings is 1. The summed E-state index contributed by atoms with van der Waals surface area (Å²) in [6, 6.07) is 8.88. The van der Waals surface area contributed by atoms with E-state index < -0.39 is 0 Å². The quantitative estimate of drug-likeness (QED) is 0.908. The Bertz CT molecular complexity index is 551. The lowest BCUT2D eigenvalue weighted by Gasteiger charge is -2.25. The molecule has 4 heteroatoms. The van der Waals surface area contributed by atoms with E-state index in [4.69, 9.17) is 4.74 Å². The van der Waals surface area contributed by atoms with Gasteiger partial charge in [-0.2, -0.15) is 5.10 Å². The summed E-state index contributed by atoms with van der Waals surface area (Å²) in [6.45, 7) is 1.42. The van der Waals surface area contributed by atoms with Crippen LogP contribution in [-0.2, 0) is 13.0 Å².